The fourth-order valence-corrected chi connectivity index (χ4v) is 2.40. The number of rotatable bonds is 8. The molecule has 3 N–H and O–H groups in total. The molecule has 0 bridgehead atoms. The van der Waals surface area contributed by atoms with Crippen LogP contribution in [-0.2, 0) is 25.7 Å². The van der Waals surface area contributed by atoms with Crippen LogP contribution < -0.4 is 10.6 Å². The summed E-state index contributed by atoms with van der Waals surface area (Å²) >= 11 is 0. The van der Waals surface area contributed by atoms with Crippen LogP contribution in [0.1, 0.15) is 47.1 Å². The van der Waals surface area contributed by atoms with Gasteiger partial charge in [0.2, 0.25) is 5.91 Å². The topological polar surface area (TPSA) is 114 Å². The Morgan fingerprint density at radius 1 is 1.00 bits per heavy atom. The van der Waals surface area contributed by atoms with Crippen LogP contribution in [0.2, 0.25) is 0 Å². The van der Waals surface area contributed by atoms with Crippen molar-refractivity contribution < 1.29 is 29.0 Å². The van der Waals surface area contributed by atoms with E-state index in [0.717, 1.165) is 5.56 Å². The first-order valence-corrected chi connectivity index (χ1v) is 9.59. The molecule has 2 amide bonds. The van der Waals surface area contributed by atoms with E-state index in [-0.39, 0.29) is 12.5 Å². The number of benzene rings is 1. The van der Waals surface area contributed by atoms with Crippen LogP contribution in [-0.4, -0.2) is 46.9 Å². The van der Waals surface area contributed by atoms with Crippen molar-refractivity contribution in [2.75, 3.05) is 0 Å². The molecule has 0 unspecified atom stereocenters. The molecule has 0 aliphatic rings. The summed E-state index contributed by atoms with van der Waals surface area (Å²) in [5.74, 6) is -1.55. The number of nitrogens with one attached hydrogen (secondary N) is 2. The Hall–Kier alpha value is -2.61. The zero-order valence-electron chi connectivity index (χ0n) is 17.9. The zero-order chi connectivity index (χ0) is 22.2. The Bertz CT molecular complexity index is 682. The number of amides is 2. The average Bonchev–Trinajstić information content (AvgIpc) is 2.61. The average molecular weight is 408 g/mol. The second-order valence-electron chi connectivity index (χ2n) is 8.19. The number of hydrogen-bond acceptors (Lipinski definition) is 6. The van der Waals surface area contributed by atoms with Crippen molar-refractivity contribution in [3.05, 3.63) is 35.9 Å². The first kappa shape index (κ1) is 24.4. The van der Waals surface area contributed by atoms with Gasteiger partial charge in [0.15, 0.2) is 0 Å². The predicted molar refractivity (Wildman–Crippen MR) is 108 cm³/mol. The van der Waals surface area contributed by atoms with Crippen LogP contribution in [0.4, 0.5) is 4.79 Å². The van der Waals surface area contributed by atoms with Gasteiger partial charge in [0.05, 0.1) is 6.10 Å². The third kappa shape index (κ3) is 8.95. The molecule has 8 heteroatoms. The van der Waals surface area contributed by atoms with Gasteiger partial charge < -0.3 is 25.2 Å². The molecule has 0 radical (unpaired) electrons. The lowest BCUT2D eigenvalue weighted by Gasteiger charge is -2.28. The van der Waals surface area contributed by atoms with Gasteiger partial charge >= 0.3 is 12.1 Å². The van der Waals surface area contributed by atoms with Crippen LogP contribution in [0.25, 0.3) is 0 Å². The van der Waals surface area contributed by atoms with Crippen LogP contribution in [0.5, 0.6) is 0 Å². The van der Waals surface area contributed by atoms with Gasteiger partial charge in [0.25, 0.3) is 0 Å². The molecule has 0 saturated heterocycles. The number of alkyl carbamates (subject to hydrolysis) is 1. The van der Waals surface area contributed by atoms with Gasteiger partial charge in [0, 0.05) is 0 Å². The molecule has 3 atom stereocenters. The third-order valence-corrected chi connectivity index (χ3v) is 3.88. The number of carbonyl (C=O) groups is 3. The maximum Gasteiger partial charge on any atom is 0.408 e. The van der Waals surface area contributed by atoms with Crippen molar-refractivity contribution in [3.63, 3.8) is 0 Å². The molecule has 1 aromatic carbocycles. The highest BCUT2D eigenvalue weighted by Crippen LogP contribution is 2.13. The molecule has 1 aromatic rings. The summed E-state index contributed by atoms with van der Waals surface area (Å²) in [5, 5.41) is 14.8. The Kier molecular flexibility index (Phi) is 9.10. The lowest BCUT2D eigenvalue weighted by Crippen LogP contribution is -2.57. The minimum atomic E-state index is -1.29. The van der Waals surface area contributed by atoms with E-state index in [9.17, 15) is 19.5 Å². The Morgan fingerprint density at radius 3 is 2.07 bits per heavy atom. The summed E-state index contributed by atoms with van der Waals surface area (Å²) in [7, 11) is 0. The van der Waals surface area contributed by atoms with E-state index in [1.54, 1.807) is 46.8 Å². The summed E-state index contributed by atoms with van der Waals surface area (Å²) in [4.78, 5) is 37.1. The summed E-state index contributed by atoms with van der Waals surface area (Å²) in [6, 6.07) is 6.83. The van der Waals surface area contributed by atoms with Crippen molar-refractivity contribution in [2.45, 2.75) is 71.9 Å². The van der Waals surface area contributed by atoms with Crippen LogP contribution >= 0.6 is 0 Å². The van der Waals surface area contributed by atoms with Gasteiger partial charge in [-0.3, -0.25) is 4.79 Å². The van der Waals surface area contributed by atoms with E-state index in [1.165, 1.54) is 6.92 Å². The van der Waals surface area contributed by atoms with Crippen LogP contribution in [0, 0.1) is 5.92 Å². The van der Waals surface area contributed by atoms with Crippen LogP contribution in [0.15, 0.2) is 30.3 Å². The monoisotopic (exact) mass is 408 g/mol. The Morgan fingerprint density at radius 2 is 1.59 bits per heavy atom. The Balaban J connectivity index is 2.74. The summed E-state index contributed by atoms with van der Waals surface area (Å²) in [5.41, 5.74) is 0.0727. The fraction of sp³-hybridized carbons (Fsp3) is 0.571. The number of hydrogen-bond donors (Lipinski definition) is 3. The van der Waals surface area contributed by atoms with E-state index >= 15 is 0 Å². The minimum Gasteiger partial charge on any atom is -0.458 e. The summed E-state index contributed by atoms with van der Waals surface area (Å²) in [6.45, 7) is 10.1. The highest BCUT2D eigenvalue weighted by molar-refractivity contribution is 5.90. The largest absolute Gasteiger partial charge is 0.458 e. The third-order valence-electron chi connectivity index (χ3n) is 3.88. The maximum absolute atomic E-state index is 12.6. The van der Waals surface area contributed by atoms with Crippen molar-refractivity contribution in [2.24, 2.45) is 5.92 Å². The van der Waals surface area contributed by atoms with Crippen molar-refractivity contribution in [1.82, 2.24) is 10.6 Å². The molecule has 0 aliphatic heterocycles. The van der Waals surface area contributed by atoms with E-state index < -0.39 is 41.8 Å². The molecular formula is C21H32N2O6. The number of aliphatic hydroxyl groups is 1. The normalized spacial score (nSPS) is 14.5. The second kappa shape index (κ2) is 10.8. The van der Waals surface area contributed by atoms with Crippen molar-refractivity contribution in [3.8, 4) is 0 Å². The molecule has 0 heterocycles. The zero-order valence-corrected chi connectivity index (χ0v) is 17.9. The number of ether oxygens (including phenoxy) is 2. The molecule has 0 aliphatic carbocycles. The van der Waals surface area contributed by atoms with E-state index in [0.29, 0.717) is 0 Å². The first-order valence-electron chi connectivity index (χ1n) is 9.59. The van der Waals surface area contributed by atoms with Crippen LogP contribution in [0.3, 0.4) is 0 Å². The SMILES string of the molecule is CC(C)[C@H](NC(=O)[C@H](NC(=O)OCc1ccccc1)[C@@H](C)O)C(=O)OC(C)(C)C. The molecule has 1 rings (SSSR count). The summed E-state index contributed by atoms with van der Waals surface area (Å²) < 4.78 is 10.4. The fourth-order valence-electron chi connectivity index (χ4n) is 2.40. The van der Waals surface area contributed by atoms with Gasteiger partial charge in [-0.2, -0.15) is 0 Å². The summed E-state index contributed by atoms with van der Waals surface area (Å²) in [6.07, 6.45) is -2.06. The molecule has 162 valence electrons. The standard InChI is InChI=1S/C21H32N2O6/c1-13(2)16(19(26)29-21(4,5)6)22-18(25)17(14(3)24)23-20(27)28-12-15-10-8-7-9-11-15/h7-11,13-14,16-17,24H,12H2,1-6H3,(H,22,25)(H,23,27)/t14-,16+,17-/m1/s1. The molecule has 0 saturated carbocycles. The number of esters is 1. The molecule has 0 aromatic heterocycles. The maximum atomic E-state index is 12.6. The van der Waals surface area contributed by atoms with Gasteiger partial charge in [-0.05, 0) is 39.2 Å². The van der Waals surface area contributed by atoms with Gasteiger partial charge in [0.1, 0.15) is 24.3 Å². The first-order chi connectivity index (χ1) is 13.4. The second-order valence-corrected chi connectivity index (χ2v) is 8.19. The Labute approximate surface area is 172 Å². The lowest BCUT2D eigenvalue weighted by atomic mass is 10.0. The van der Waals surface area contributed by atoms with Crippen molar-refractivity contribution in [1.29, 1.82) is 0 Å². The van der Waals surface area contributed by atoms with Gasteiger partial charge in [-0.25, -0.2) is 9.59 Å². The van der Waals surface area contributed by atoms with Gasteiger partial charge in [-0.1, -0.05) is 44.2 Å². The quantitative estimate of drug-likeness (QED) is 0.568. The molecule has 0 fully saturated rings. The highest BCUT2D eigenvalue weighted by Gasteiger charge is 2.33. The number of carbonyl (C=O) groups excluding carboxylic acids is 3. The smallest absolute Gasteiger partial charge is 0.408 e. The molecule has 0 spiro atoms. The van der Waals surface area contributed by atoms with Crippen molar-refractivity contribution >= 4 is 18.0 Å². The van der Waals surface area contributed by atoms with E-state index in [1.807, 2.05) is 18.2 Å². The number of aliphatic hydroxyl groups excluding tert-OH is 1. The van der Waals surface area contributed by atoms with E-state index in [4.69, 9.17) is 9.47 Å². The molecular weight excluding hydrogens is 376 g/mol. The minimum absolute atomic E-state index is 0.0212. The predicted octanol–water partition coefficient (Wildman–Crippen LogP) is 2.14. The molecule has 8 nitrogen and oxygen atoms in total. The highest BCUT2D eigenvalue weighted by atomic mass is 16.6. The van der Waals surface area contributed by atoms with Gasteiger partial charge in [-0.15, -0.1) is 0 Å². The van der Waals surface area contributed by atoms with E-state index in [2.05, 4.69) is 10.6 Å². The molecule has 29 heavy (non-hydrogen) atoms. The lowest BCUT2D eigenvalue weighted by molar-refractivity contribution is -0.160.